The molecule has 18 heavy (non-hydrogen) atoms. The maximum atomic E-state index is 11.8. The van der Waals surface area contributed by atoms with Crippen molar-refractivity contribution in [3.8, 4) is 0 Å². The maximum absolute atomic E-state index is 11.8. The number of rotatable bonds is 3. The molecule has 2 heterocycles. The van der Waals surface area contributed by atoms with Gasteiger partial charge in [0.05, 0.1) is 6.33 Å². The smallest absolute Gasteiger partial charge is 0.269 e. The lowest BCUT2D eigenvalue weighted by atomic mass is 10.4. The molecule has 0 saturated heterocycles. The van der Waals surface area contributed by atoms with Gasteiger partial charge in [-0.05, 0) is 22.0 Å². The molecular formula is C11H9BrClN3O2. The molecule has 0 atom stereocenters. The molecule has 0 spiro atoms. The fourth-order valence-electron chi connectivity index (χ4n) is 1.46. The molecule has 5 nitrogen and oxygen atoms in total. The lowest BCUT2D eigenvalue weighted by molar-refractivity contribution is 0.545. The molecule has 0 saturated carbocycles. The SMILES string of the molecule is O=c1ccccn1CCn1cnc(Cl)c(Br)c1=O. The molecule has 0 fully saturated rings. The van der Waals surface area contributed by atoms with E-state index in [-0.39, 0.29) is 20.7 Å². The predicted octanol–water partition coefficient (Wildman–Crippen LogP) is 1.52. The highest BCUT2D eigenvalue weighted by Crippen LogP contribution is 2.13. The van der Waals surface area contributed by atoms with Crippen molar-refractivity contribution in [3.63, 3.8) is 0 Å². The van der Waals surface area contributed by atoms with Gasteiger partial charge < -0.3 is 4.57 Å². The molecule has 0 aliphatic rings. The molecule has 0 N–H and O–H groups in total. The van der Waals surface area contributed by atoms with E-state index in [9.17, 15) is 9.59 Å². The van der Waals surface area contributed by atoms with E-state index in [0.717, 1.165) is 0 Å². The van der Waals surface area contributed by atoms with Gasteiger partial charge in [0.2, 0.25) is 0 Å². The van der Waals surface area contributed by atoms with Gasteiger partial charge in [-0.15, -0.1) is 0 Å². The third-order valence-corrected chi connectivity index (χ3v) is 3.65. The highest BCUT2D eigenvalue weighted by molar-refractivity contribution is 9.10. The molecule has 7 heteroatoms. The Bertz CT molecular complexity index is 680. The Hall–Kier alpha value is -1.40. The van der Waals surface area contributed by atoms with Crippen LogP contribution in [0.15, 0.2) is 44.8 Å². The number of hydrogen-bond acceptors (Lipinski definition) is 3. The second-order valence-corrected chi connectivity index (χ2v) is 4.73. The zero-order valence-electron chi connectivity index (χ0n) is 9.22. The summed E-state index contributed by atoms with van der Waals surface area (Å²) in [5, 5.41) is 0.133. The van der Waals surface area contributed by atoms with Crippen molar-refractivity contribution in [1.29, 1.82) is 0 Å². The third kappa shape index (κ3) is 2.70. The minimum Gasteiger partial charge on any atom is -0.314 e. The number of pyridine rings is 1. The van der Waals surface area contributed by atoms with Crippen molar-refractivity contribution >= 4 is 27.5 Å². The summed E-state index contributed by atoms with van der Waals surface area (Å²) in [6, 6.07) is 4.91. The highest BCUT2D eigenvalue weighted by atomic mass is 79.9. The zero-order valence-corrected chi connectivity index (χ0v) is 11.6. The summed E-state index contributed by atoms with van der Waals surface area (Å²) in [6.07, 6.45) is 3.04. The molecule has 0 unspecified atom stereocenters. The Morgan fingerprint density at radius 1 is 1.22 bits per heavy atom. The molecule has 2 rings (SSSR count). The Morgan fingerprint density at radius 2 is 1.94 bits per heavy atom. The van der Waals surface area contributed by atoms with Crippen LogP contribution in [0.2, 0.25) is 5.15 Å². The van der Waals surface area contributed by atoms with Crippen LogP contribution in [0.4, 0.5) is 0 Å². The summed E-state index contributed by atoms with van der Waals surface area (Å²) in [7, 11) is 0. The van der Waals surface area contributed by atoms with Crippen molar-refractivity contribution in [1.82, 2.24) is 14.1 Å². The first-order valence-electron chi connectivity index (χ1n) is 5.15. The predicted molar refractivity (Wildman–Crippen MR) is 71.9 cm³/mol. The van der Waals surface area contributed by atoms with Crippen LogP contribution in [0.1, 0.15) is 0 Å². The summed E-state index contributed by atoms with van der Waals surface area (Å²) in [6.45, 7) is 0.751. The Morgan fingerprint density at radius 3 is 2.67 bits per heavy atom. The van der Waals surface area contributed by atoms with Crippen molar-refractivity contribution in [2.45, 2.75) is 13.1 Å². The van der Waals surface area contributed by atoms with Crippen molar-refractivity contribution < 1.29 is 0 Å². The van der Waals surface area contributed by atoms with Gasteiger partial charge in [-0.2, -0.15) is 0 Å². The molecular weight excluding hydrogens is 321 g/mol. The number of aryl methyl sites for hydroxylation is 2. The van der Waals surface area contributed by atoms with Crippen LogP contribution in [-0.2, 0) is 13.1 Å². The maximum Gasteiger partial charge on any atom is 0.269 e. The molecule has 0 aliphatic carbocycles. The minimum atomic E-state index is -0.265. The normalized spacial score (nSPS) is 10.6. The molecule has 2 aromatic rings. The molecule has 0 radical (unpaired) electrons. The fraction of sp³-hybridized carbons (Fsp3) is 0.182. The average molecular weight is 331 g/mol. The molecule has 2 aromatic heterocycles. The largest absolute Gasteiger partial charge is 0.314 e. The third-order valence-electron chi connectivity index (χ3n) is 2.42. The van der Waals surface area contributed by atoms with E-state index in [1.165, 1.54) is 21.5 Å². The summed E-state index contributed by atoms with van der Waals surface area (Å²) in [5.41, 5.74) is -0.370. The number of halogens is 2. The molecule has 0 aliphatic heterocycles. The van der Waals surface area contributed by atoms with Gasteiger partial charge in [0.1, 0.15) is 4.47 Å². The van der Waals surface area contributed by atoms with E-state index in [4.69, 9.17) is 11.6 Å². The van der Waals surface area contributed by atoms with Gasteiger partial charge in [-0.3, -0.25) is 14.2 Å². The van der Waals surface area contributed by atoms with E-state index >= 15 is 0 Å². The molecule has 0 aromatic carbocycles. The van der Waals surface area contributed by atoms with Crippen LogP contribution >= 0.6 is 27.5 Å². The average Bonchev–Trinajstić information content (AvgIpc) is 2.37. The van der Waals surface area contributed by atoms with E-state index in [0.29, 0.717) is 13.1 Å². The van der Waals surface area contributed by atoms with E-state index in [1.54, 1.807) is 18.3 Å². The topological polar surface area (TPSA) is 56.9 Å². The molecule has 94 valence electrons. The van der Waals surface area contributed by atoms with Crippen LogP contribution in [0.5, 0.6) is 0 Å². The van der Waals surface area contributed by atoms with E-state index in [2.05, 4.69) is 20.9 Å². The van der Waals surface area contributed by atoms with Crippen molar-refractivity contribution in [2.75, 3.05) is 0 Å². The first-order chi connectivity index (χ1) is 8.59. The zero-order chi connectivity index (χ0) is 13.1. The minimum absolute atomic E-state index is 0.105. The standard InChI is InChI=1S/C11H9BrClN3O2/c12-9-10(13)14-7-16(11(9)18)6-5-15-4-2-1-3-8(15)17/h1-4,7H,5-6H2. The number of aromatic nitrogens is 3. The van der Waals surface area contributed by atoms with Crippen LogP contribution in [0.25, 0.3) is 0 Å². The second-order valence-electron chi connectivity index (χ2n) is 3.58. The highest BCUT2D eigenvalue weighted by Gasteiger charge is 2.06. The van der Waals surface area contributed by atoms with Gasteiger partial charge in [-0.25, -0.2) is 4.98 Å². The fourth-order valence-corrected chi connectivity index (χ4v) is 1.92. The first kappa shape index (κ1) is 13.0. The molecule has 0 amide bonds. The van der Waals surface area contributed by atoms with Crippen molar-refractivity contribution in [2.24, 2.45) is 0 Å². The number of hydrogen-bond donors (Lipinski definition) is 0. The summed E-state index contributed by atoms with van der Waals surface area (Å²) < 4.78 is 3.15. The summed E-state index contributed by atoms with van der Waals surface area (Å²) in [4.78, 5) is 27.1. The second kappa shape index (κ2) is 5.49. The van der Waals surface area contributed by atoms with Crippen LogP contribution in [0, 0.1) is 0 Å². The van der Waals surface area contributed by atoms with E-state index in [1.807, 2.05) is 0 Å². The van der Waals surface area contributed by atoms with Crippen molar-refractivity contribution in [3.05, 3.63) is 61.1 Å². The Labute approximate surface area is 116 Å². The first-order valence-corrected chi connectivity index (χ1v) is 6.32. The Balaban J connectivity index is 2.22. The summed E-state index contributed by atoms with van der Waals surface area (Å²) >= 11 is 8.78. The van der Waals surface area contributed by atoms with Gasteiger partial charge in [0.25, 0.3) is 11.1 Å². The van der Waals surface area contributed by atoms with E-state index < -0.39 is 0 Å². The van der Waals surface area contributed by atoms with Crippen LogP contribution < -0.4 is 11.1 Å². The van der Waals surface area contributed by atoms with Gasteiger partial charge in [0, 0.05) is 25.4 Å². The summed E-state index contributed by atoms with van der Waals surface area (Å²) in [5.74, 6) is 0. The quantitative estimate of drug-likeness (QED) is 0.802. The lowest BCUT2D eigenvalue weighted by Gasteiger charge is -2.08. The number of nitrogens with zero attached hydrogens (tertiary/aromatic N) is 3. The Kier molecular flexibility index (Phi) is 3.98. The lowest BCUT2D eigenvalue weighted by Crippen LogP contribution is -2.26. The monoisotopic (exact) mass is 329 g/mol. The van der Waals surface area contributed by atoms with Crippen LogP contribution in [-0.4, -0.2) is 14.1 Å². The molecule has 0 bridgehead atoms. The van der Waals surface area contributed by atoms with Crippen LogP contribution in [0.3, 0.4) is 0 Å². The van der Waals surface area contributed by atoms with Gasteiger partial charge >= 0.3 is 0 Å². The van der Waals surface area contributed by atoms with Gasteiger partial charge in [0.15, 0.2) is 5.15 Å². The van der Waals surface area contributed by atoms with Gasteiger partial charge in [-0.1, -0.05) is 17.7 Å².